The van der Waals surface area contributed by atoms with Crippen LogP contribution in [-0.4, -0.2) is 30.6 Å². The van der Waals surface area contributed by atoms with E-state index in [0.29, 0.717) is 11.6 Å². The van der Waals surface area contributed by atoms with Gasteiger partial charge in [0.2, 0.25) is 0 Å². The molecule has 1 aliphatic rings. The minimum Gasteiger partial charge on any atom is -0.313 e. The Labute approximate surface area is 122 Å². The molecule has 0 aromatic heterocycles. The van der Waals surface area contributed by atoms with Gasteiger partial charge in [0.15, 0.2) is 0 Å². The number of benzene rings is 1. The predicted molar refractivity (Wildman–Crippen MR) is 82.8 cm³/mol. The normalized spacial score (nSPS) is 20.6. The molecule has 1 unspecified atom stereocenters. The van der Waals surface area contributed by atoms with Crippen LogP contribution >= 0.6 is 11.6 Å². The van der Waals surface area contributed by atoms with Gasteiger partial charge in [-0.3, -0.25) is 4.90 Å². The highest BCUT2D eigenvalue weighted by atomic mass is 35.5. The fourth-order valence-electron chi connectivity index (χ4n) is 3.06. The third-order valence-corrected chi connectivity index (χ3v) is 4.59. The van der Waals surface area contributed by atoms with E-state index in [1.165, 1.54) is 24.9 Å². The van der Waals surface area contributed by atoms with Gasteiger partial charge in [0.25, 0.3) is 0 Å². The highest BCUT2D eigenvalue weighted by Gasteiger charge is 2.31. The van der Waals surface area contributed by atoms with Crippen molar-refractivity contribution in [2.45, 2.75) is 44.7 Å². The van der Waals surface area contributed by atoms with Crippen molar-refractivity contribution in [1.82, 2.24) is 10.2 Å². The topological polar surface area (TPSA) is 15.3 Å². The van der Waals surface area contributed by atoms with Gasteiger partial charge >= 0.3 is 0 Å². The number of hydrogen-bond donors (Lipinski definition) is 1. The maximum absolute atomic E-state index is 6.08. The lowest BCUT2D eigenvalue weighted by molar-refractivity contribution is 0.167. The molecule has 2 rings (SSSR count). The molecule has 2 nitrogen and oxygen atoms in total. The third-order valence-electron chi connectivity index (χ3n) is 4.36. The van der Waals surface area contributed by atoms with Crippen LogP contribution in [0.3, 0.4) is 0 Å². The quantitative estimate of drug-likeness (QED) is 0.881. The smallest absolute Gasteiger partial charge is 0.0409 e. The molecule has 1 heterocycles. The summed E-state index contributed by atoms with van der Waals surface area (Å²) < 4.78 is 0. The van der Waals surface area contributed by atoms with Crippen molar-refractivity contribution in [3.05, 3.63) is 34.9 Å². The zero-order valence-electron chi connectivity index (χ0n) is 12.2. The van der Waals surface area contributed by atoms with Crippen LogP contribution in [0, 0.1) is 0 Å². The van der Waals surface area contributed by atoms with Crippen LogP contribution in [0.2, 0.25) is 5.02 Å². The van der Waals surface area contributed by atoms with E-state index in [-0.39, 0.29) is 0 Å². The van der Waals surface area contributed by atoms with Crippen molar-refractivity contribution in [2.75, 3.05) is 20.1 Å². The Kier molecular flexibility index (Phi) is 4.88. The first-order valence-corrected chi connectivity index (χ1v) is 7.58. The van der Waals surface area contributed by atoms with E-state index in [9.17, 15) is 0 Å². The highest BCUT2D eigenvalue weighted by molar-refractivity contribution is 6.30. The van der Waals surface area contributed by atoms with Gasteiger partial charge in [0.05, 0.1) is 0 Å². The Hall–Kier alpha value is -0.570. The van der Waals surface area contributed by atoms with Crippen LogP contribution in [0.4, 0.5) is 0 Å². The van der Waals surface area contributed by atoms with Crippen molar-refractivity contribution in [3.8, 4) is 0 Å². The summed E-state index contributed by atoms with van der Waals surface area (Å²) in [5.74, 6) is 0. The minimum atomic E-state index is 0.368. The molecular formula is C16H25ClN2. The van der Waals surface area contributed by atoms with Crippen molar-refractivity contribution in [2.24, 2.45) is 0 Å². The van der Waals surface area contributed by atoms with Crippen LogP contribution in [0.1, 0.15) is 44.7 Å². The lowest BCUT2D eigenvalue weighted by Gasteiger charge is -2.32. The molecule has 106 valence electrons. The summed E-state index contributed by atoms with van der Waals surface area (Å²) in [6.07, 6.45) is 3.77. The molecule has 19 heavy (non-hydrogen) atoms. The number of hydrogen-bond acceptors (Lipinski definition) is 2. The fraction of sp³-hybridized carbons (Fsp3) is 0.625. The molecule has 0 bridgehead atoms. The molecule has 3 heteroatoms. The first kappa shape index (κ1) is 14.8. The van der Waals surface area contributed by atoms with Crippen LogP contribution < -0.4 is 5.32 Å². The molecule has 0 radical (unpaired) electrons. The maximum atomic E-state index is 6.08. The summed E-state index contributed by atoms with van der Waals surface area (Å²) in [7, 11) is 2.03. The molecular weight excluding hydrogens is 256 g/mol. The Morgan fingerprint density at radius 1 is 1.42 bits per heavy atom. The monoisotopic (exact) mass is 280 g/mol. The largest absolute Gasteiger partial charge is 0.313 e. The molecule has 0 spiro atoms. The number of nitrogens with zero attached hydrogens (tertiary/aromatic N) is 1. The van der Waals surface area contributed by atoms with E-state index >= 15 is 0 Å². The summed E-state index contributed by atoms with van der Waals surface area (Å²) in [4.78, 5) is 2.61. The van der Waals surface area contributed by atoms with Gasteiger partial charge in [-0.1, -0.05) is 23.7 Å². The number of likely N-dealkylation sites (tertiary alicyclic amines) is 1. The Morgan fingerprint density at radius 3 is 2.79 bits per heavy atom. The SMILES string of the molecule is CNC(CCN1CCCC1(C)C)c1cccc(Cl)c1. The van der Waals surface area contributed by atoms with Crippen LogP contribution in [0.5, 0.6) is 0 Å². The van der Waals surface area contributed by atoms with Crippen molar-refractivity contribution >= 4 is 11.6 Å². The van der Waals surface area contributed by atoms with Crippen LogP contribution in [0.15, 0.2) is 24.3 Å². The van der Waals surface area contributed by atoms with Gasteiger partial charge in [-0.25, -0.2) is 0 Å². The number of rotatable bonds is 5. The Morgan fingerprint density at radius 2 is 2.21 bits per heavy atom. The van der Waals surface area contributed by atoms with E-state index in [4.69, 9.17) is 11.6 Å². The molecule has 1 aromatic rings. The van der Waals surface area contributed by atoms with E-state index in [2.05, 4.69) is 36.2 Å². The molecule has 0 amide bonds. The summed E-state index contributed by atoms with van der Waals surface area (Å²) in [6.45, 7) is 7.09. The zero-order valence-corrected chi connectivity index (χ0v) is 13.0. The lowest BCUT2D eigenvalue weighted by atomic mass is 10.00. The van der Waals surface area contributed by atoms with Gasteiger partial charge in [0.1, 0.15) is 0 Å². The van der Waals surface area contributed by atoms with Gasteiger partial charge in [-0.15, -0.1) is 0 Å². The molecule has 1 atom stereocenters. The molecule has 0 saturated carbocycles. The lowest BCUT2D eigenvalue weighted by Crippen LogP contribution is -2.39. The van der Waals surface area contributed by atoms with E-state index < -0.39 is 0 Å². The molecule has 1 aliphatic heterocycles. The van der Waals surface area contributed by atoms with Gasteiger partial charge in [-0.2, -0.15) is 0 Å². The maximum Gasteiger partial charge on any atom is 0.0409 e. The van der Waals surface area contributed by atoms with Crippen molar-refractivity contribution in [1.29, 1.82) is 0 Å². The van der Waals surface area contributed by atoms with Crippen LogP contribution in [-0.2, 0) is 0 Å². The molecule has 1 aromatic carbocycles. The Bertz CT molecular complexity index is 417. The van der Waals surface area contributed by atoms with E-state index in [1.807, 2.05) is 19.2 Å². The third kappa shape index (κ3) is 3.71. The van der Waals surface area contributed by atoms with Crippen LogP contribution in [0.25, 0.3) is 0 Å². The summed E-state index contributed by atoms with van der Waals surface area (Å²) in [6, 6.07) is 8.57. The standard InChI is InChI=1S/C16H25ClN2/c1-16(2)9-5-10-19(16)11-8-15(18-3)13-6-4-7-14(17)12-13/h4,6-7,12,15,18H,5,8-11H2,1-3H3. The second-order valence-corrected chi connectivity index (χ2v) is 6.52. The van der Waals surface area contributed by atoms with Gasteiger partial charge in [0, 0.05) is 23.1 Å². The van der Waals surface area contributed by atoms with Crippen molar-refractivity contribution in [3.63, 3.8) is 0 Å². The number of nitrogens with one attached hydrogen (secondary N) is 1. The molecule has 1 saturated heterocycles. The second-order valence-electron chi connectivity index (χ2n) is 6.09. The molecule has 1 N–H and O–H groups in total. The summed E-state index contributed by atoms with van der Waals surface area (Å²) in [5.41, 5.74) is 1.65. The first-order chi connectivity index (χ1) is 9.03. The predicted octanol–water partition coefficient (Wildman–Crippen LogP) is 3.87. The average Bonchev–Trinajstić information content (AvgIpc) is 2.70. The summed E-state index contributed by atoms with van der Waals surface area (Å²) in [5, 5.41) is 4.23. The first-order valence-electron chi connectivity index (χ1n) is 7.21. The zero-order chi connectivity index (χ0) is 13.9. The van der Waals surface area contributed by atoms with Gasteiger partial charge < -0.3 is 5.32 Å². The van der Waals surface area contributed by atoms with Crippen molar-refractivity contribution < 1.29 is 0 Å². The van der Waals surface area contributed by atoms with E-state index in [0.717, 1.165) is 18.0 Å². The summed E-state index contributed by atoms with van der Waals surface area (Å²) >= 11 is 6.08. The molecule has 1 fully saturated rings. The molecule has 0 aliphatic carbocycles. The van der Waals surface area contributed by atoms with E-state index in [1.54, 1.807) is 0 Å². The minimum absolute atomic E-state index is 0.368. The fourth-order valence-corrected chi connectivity index (χ4v) is 3.26. The highest BCUT2D eigenvalue weighted by Crippen LogP contribution is 2.29. The Balaban J connectivity index is 1.96. The second kappa shape index (κ2) is 6.25. The van der Waals surface area contributed by atoms with Gasteiger partial charge in [-0.05, 0) is 64.4 Å². The number of halogens is 1. The average molecular weight is 281 g/mol.